The molecule has 6 rings (SSSR count). The molecule has 0 saturated carbocycles. The van der Waals surface area contributed by atoms with Gasteiger partial charge in [0.05, 0.1) is 37.8 Å². The van der Waals surface area contributed by atoms with E-state index in [1.165, 1.54) is 0 Å². The Balaban J connectivity index is 1.32. The van der Waals surface area contributed by atoms with Gasteiger partial charge < -0.3 is 28.7 Å². The van der Waals surface area contributed by atoms with E-state index >= 15 is 0 Å². The second-order valence-electron chi connectivity index (χ2n) is 7.57. The first-order valence-electron chi connectivity index (χ1n) is 10.1. The van der Waals surface area contributed by atoms with Crippen molar-refractivity contribution in [2.24, 2.45) is 0 Å². The van der Waals surface area contributed by atoms with Crippen molar-refractivity contribution in [1.29, 1.82) is 0 Å². The van der Waals surface area contributed by atoms with E-state index < -0.39 is 11.6 Å². The van der Waals surface area contributed by atoms with Gasteiger partial charge in [-0.15, -0.1) is 0 Å². The zero-order chi connectivity index (χ0) is 20.3. The Bertz CT molecular complexity index is 958. The van der Waals surface area contributed by atoms with Crippen molar-refractivity contribution in [3.8, 4) is 0 Å². The minimum absolute atomic E-state index is 0.260. The zero-order valence-electron chi connectivity index (χ0n) is 16.2. The molecule has 0 bridgehead atoms. The van der Waals surface area contributed by atoms with Gasteiger partial charge in [-0.25, -0.2) is 0 Å². The van der Waals surface area contributed by atoms with Gasteiger partial charge in [0.15, 0.2) is 0 Å². The lowest BCUT2D eigenvalue weighted by Gasteiger charge is -2.25. The van der Waals surface area contributed by atoms with Gasteiger partial charge in [0.2, 0.25) is 0 Å². The number of para-hydroxylation sites is 2. The summed E-state index contributed by atoms with van der Waals surface area (Å²) in [6.07, 6.45) is 0. The third-order valence-electron chi connectivity index (χ3n) is 6.09. The Labute approximate surface area is 172 Å². The van der Waals surface area contributed by atoms with Gasteiger partial charge in [-0.1, -0.05) is 36.4 Å². The molecule has 4 heterocycles. The fourth-order valence-electron chi connectivity index (χ4n) is 4.81. The van der Waals surface area contributed by atoms with Crippen molar-refractivity contribution >= 4 is 23.2 Å². The van der Waals surface area contributed by atoms with E-state index in [4.69, 9.17) is 18.9 Å². The average Bonchev–Trinajstić information content (AvgIpc) is 3.54. The standard InChI is InChI=1S/C22H20N2O6/c25-19-21(27-11-12-28-21)15-5-1-3-7-17(15)23(19)9-10-24-18-8-4-2-6-16(18)22(20(24)26)29-13-14-30-22/h1-8H,9-14H2. The molecule has 4 aliphatic heterocycles. The van der Waals surface area contributed by atoms with Crippen LogP contribution >= 0.6 is 0 Å². The number of hydrogen-bond donors (Lipinski definition) is 0. The van der Waals surface area contributed by atoms with Gasteiger partial charge in [0.25, 0.3) is 23.4 Å². The van der Waals surface area contributed by atoms with Crippen molar-refractivity contribution in [3.63, 3.8) is 0 Å². The Hall–Kier alpha value is -2.78. The Kier molecular flexibility index (Phi) is 3.82. The molecule has 8 heteroatoms. The highest BCUT2D eigenvalue weighted by molar-refractivity contribution is 6.08. The lowest BCUT2D eigenvalue weighted by Crippen LogP contribution is -2.47. The van der Waals surface area contributed by atoms with Gasteiger partial charge >= 0.3 is 0 Å². The number of benzene rings is 2. The third-order valence-corrected chi connectivity index (χ3v) is 6.09. The highest BCUT2D eigenvalue weighted by Crippen LogP contribution is 2.47. The van der Waals surface area contributed by atoms with E-state index in [9.17, 15) is 9.59 Å². The highest BCUT2D eigenvalue weighted by atomic mass is 16.7. The van der Waals surface area contributed by atoms with E-state index in [0.717, 1.165) is 11.4 Å². The summed E-state index contributed by atoms with van der Waals surface area (Å²) in [5.74, 6) is -3.27. The Morgan fingerprint density at radius 3 is 1.40 bits per heavy atom. The summed E-state index contributed by atoms with van der Waals surface area (Å²) in [7, 11) is 0. The number of amides is 2. The maximum Gasteiger partial charge on any atom is 0.292 e. The van der Waals surface area contributed by atoms with E-state index in [1.807, 2.05) is 48.5 Å². The normalized spacial score (nSPS) is 23.1. The SMILES string of the molecule is O=C1N(CCN2C(=O)C3(OCCO3)c3ccccc32)c2ccccc2C12OCCO2. The van der Waals surface area contributed by atoms with Crippen LogP contribution in [0.3, 0.4) is 0 Å². The number of anilines is 2. The predicted octanol–water partition coefficient (Wildman–Crippen LogP) is 1.48. The molecular formula is C22H20N2O6. The van der Waals surface area contributed by atoms with Gasteiger partial charge in [0.1, 0.15) is 0 Å². The van der Waals surface area contributed by atoms with E-state index in [1.54, 1.807) is 9.80 Å². The molecule has 8 nitrogen and oxygen atoms in total. The van der Waals surface area contributed by atoms with Crippen LogP contribution < -0.4 is 9.80 Å². The molecule has 4 aliphatic rings. The van der Waals surface area contributed by atoms with Crippen molar-refractivity contribution in [2.45, 2.75) is 11.6 Å². The molecule has 0 aliphatic carbocycles. The second-order valence-corrected chi connectivity index (χ2v) is 7.57. The van der Waals surface area contributed by atoms with Gasteiger partial charge in [0, 0.05) is 24.2 Å². The maximum absolute atomic E-state index is 13.3. The number of carbonyl (C=O) groups excluding carboxylic acids is 2. The highest BCUT2D eigenvalue weighted by Gasteiger charge is 2.58. The number of rotatable bonds is 3. The molecule has 2 aromatic carbocycles. The molecule has 0 unspecified atom stereocenters. The fraction of sp³-hybridized carbons (Fsp3) is 0.364. The molecular weight excluding hydrogens is 388 g/mol. The Morgan fingerprint density at radius 1 is 0.633 bits per heavy atom. The lowest BCUT2D eigenvalue weighted by molar-refractivity contribution is -0.181. The van der Waals surface area contributed by atoms with Crippen molar-refractivity contribution in [3.05, 3.63) is 59.7 Å². The summed E-state index contributed by atoms with van der Waals surface area (Å²) < 4.78 is 23.0. The monoisotopic (exact) mass is 408 g/mol. The minimum Gasteiger partial charge on any atom is -0.336 e. The second kappa shape index (κ2) is 6.36. The summed E-state index contributed by atoms with van der Waals surface area (Å²) in [6.45, 7) is 2.04. The largest absolute Gasteiger partial charge is 0.336 e. The molecule has 0 aromatic heterocycles. The van der Waals surface area contributed by atoms with E-state index in [-0.39, 0.29) is 11.8 Å². The van der Waals surface area contributed by atoms with E-state index in [2.05, 4.69) is 0 Å². The van der Waals surface area contributed by atoms with Crippen LogP contribution in [0.1, 0.15) is 11.1 Å². The topological polar surface area (TPSA) is 77.5 Å². The van der Waals surface area contributed by atoms with Crippen LogP contribution in [0.5, 0.6) is 0 Å². The van der Waals surface area contributed by atoms with Crippen LogP contribution in [0.15, 0.2) is 48.5 Å². The fourth-order valence-corrected chi connectivity index (χ4v) is 4.81. The van der Waals surface area contributed by atoms with Crippen LogP contribution in [0, 0.1) is 0 Å². The summed E-state index contributed by atoms with van der Waals surface area (Å²) in [5.41, 5.74) is 2.90. The first kappa shape index (κ1) is 18.0. The average molecular weight is 408 g/mol. The van der Waals surface area contributed by atoms with Crippen LogP contribution in [-0.2, 0) is 40.1 Å². The molecule has 0 radical (unpaired) electrons. The third kappa shape index (κ3) is 2.19. The number of carbonyl (C=O) groups is 2. The Morgan fingerprint density at radius 2 is 1.00 bits per heavy atom. The summed E-state index contributed by atoms with van der Waals surface area (Å²) in [5, 5.41) is 0. The smallest absolute Gasteiger partial charge is 0.292 e. The molecule has 2 fully saturated rings. The molecule has 154 valence electrons. The molecule has 0 N–H and O–H groups in total. The van der Waals surface area contributed by atoms with Crippen molar-refractivity contribution < 1.29 is 28.5 Å². The first-order valence-corrected chi connectivity index (χ1v) is 10.1. The first-order chi connectivity index (χ1) is 14.7. The zero-order valence-corrected chi connectivity index (χ0v) is 16.2. The molecule has 2 saturated heterocycles. The summed E-state index contributed by atoms with van der Waals surface area (Å²) in [6, 6.07) is 14.9. The number of hydrogen-bond acceptors (Lipinski definition) is 6. The molecule has 0 atom stereocenters. The van der Waals surface area contributed by atoms with Crippen LogP contribution in [0.25, 0.3) is 0 Å². The van der Waals surface area contributed by atoms with Gasteiger partial charge in [-0.3, -0.25) is 9.59 Å². The number of ether oxygens (including phenoxy) is 4. The quantitative estimate of drug-likeness (QED) is 0.766. The van der Waals surface area contributed by atoms with Crippen molar-refractivity contribution in [1.82, 2.24) is 0 Å². The van der Waals surface area contributed by atoms with Crippen LogP contribution in [0.2, 0.25) is 0 Å². The number of fused-ring (bicyclic) bond motifs is 4. The molecule has 30 heavy (non-hydrogen) atoms. The lowest BCUT2D eigenvalue weighted by atomic mass is 10.1. The maximum atomic E-state index is 13.3. The summed E-state index contributed by atoms with van der Waals surface area (Å²) >= 11 is 0. The minimum atomic E-state index is -1.37. The van der Waals surface area contributed by atoms with Crippen molar-refractivity contribution in [2.75, 3.05) is 49.3 Å². The van der Waals surface area contributed by atoms with Crippen LogP contribution in [-0.4, -0.2) is 51.3 Å². The molecule has 2 aromatic rings. The molecule has 2 amide bonds. The predicted molar refractivity (Wildman–Crippen MR) is 105 cm³/mol. The van der Waals surface area contributed by atoms with E-state index in [0.29, 0.717) is 50.6 Å². The molecule has 2 spiro atoms. The summed E-state index contributed by atoms with van der Waals surface area (Å²) in [4.78, 5) is 29.9. The van der Waals surface area contributed by atoms with Gasteiger partial charge in [-0.2, -0.15) is 0 Å². The van der Waals surface area contributed by atoms with Gasteiger partial charge in [-0.05, 0) is 12.1 Å². The van der Waals surface area contributed by atoms with Crippen LogP contribution in [0.4, 0.5) is 11.4 Å². The number of nitrogens with zero attached hydrogens (tertiary/aromatic N) is 2.